The third-order valence-corrected chi connectivity index (χ3v) is 10.2. The molecule has 4 aromatic rings. The van der Waals surface area contributed by atoms with Gasteiger partial charge in [-0.25, -0.2) is 19.6 Å². The number of thiazole rings is 2. The van der Waals surface area contributed by atoms with Gasteiger partial charge in [0, 0.05) is 23.2 Å². The largest absolute Gasteiger partial charge is 0.338 e. The first kappa shape index (κ1) is 41.4. The van der Waals surface area contributed by atoms with Crippen molar-refractivity contribution in [3.63, 3.8) is 0 Å². The van der Waals surface area contributed by atoms with E-state index in [1.54, 1.807) is 19.9 Å². The minimum atomic E-state index is -0.323. The van der Waals surface area contributed by atoms with Gasteiger partial charge < -0.3 is 21.3 Å². The number of hydrogen-bond acceptors (Lipinski definition) is 8. The molecular weight excluding hydrogens is 776 g/mol. The van der Waals surface area contributed by atoms with Crippen LogP contribution in [0.15, 0.2) is 34.8 Å². The maximum absolute atomic E-state index is 12.7. The van der Waals surface area contributed by atoms with Crippen LogP contribution >= 0.6 is 50.2 Å². The topological polar surface area (TPSA) is 166 Å². The van der Waals surface area contributed by atoms with Crippen LogP contribution in [-0.4, -0.2) is 46.9 Å². The number of carbonyl (C=O) groups excluding carboxylic acids is 4. The van der Waals surface area contributed by atoms with Crippen molar-refractivity contribution in [2.75, 3.05) is 34.4 Å². The number of aryl methyl sites for hydroxylation is 5. The highest BCUT2D eigenvalue weighted by Gasteiger charge is 2.20. The Hall–Kier alpha value is -4.05. The van der Waals surface area contributed by atoms with Gasteiger partial charge in [-0.2, -0.15) is 0 Å². The standard InChI is InChI=1S/C18H23BrN4O2S.C17H21ClN4O2S/c1-5-6-7-20-17(25)23-18-21-12(4)15(26-18)16(24)22-14-10(2)8-13(19)9-11(14)3;1-4-5-9-19-16(24)22-17-20-11(3)14(25-17)15(23)21-13-10(2)7-6-8-12(13)18/h8-9H,5-7H2,1-4H3,(H,22,24)(H2,20,21,23,25);6-8H,4-5,9H2,1-3H3,(H,21,23)(H2,19,20,22,24). The molecule has 0 aliphatic carbocycles. The Morgan fingerprint density at radius 3 is 1.57 bits per heavy atom. The van der Waals surface area contributed by atoms with Crippen LogP contribution < -0.4 is 31.9 Å². The van der Waals surface area contributed by atoms with Crippen LogP contribution in [-0.2, 0) is 0 Å². The molecule has 0 saturated carbocycles. The number of hydrogen-bond donors (Lipinski definition) is 6. The summed E-state index contributed by atoms with van der Waals surface area (Å²) in [6, 6.07) is 8.69. The van der Waals surface area contributed by atoms with Crippen molar-refractivity contribution in [3.8, 4) is 0 Å². The minimum Gasteiger partial charge on any atom is -0.338 e. The molecule has 6 amide bonds. The molecule has 4 rings (SSSR count). The van der Waals surface area contributed by atoms with Crippen LogP contribution in [0.4, 0.5) is 31.2 Å². The van der Waals surface area contributed by atoms with E-state index >= 15 is 0 Å². The molecule has 0 atom stereocenters. The Labute approximate surface area is 320 Å². The lowest BCUT2D eigenvalue weighted by Gasteiger charge is -2.11. The van der Waals surface area contributed by atoms with Crippen molar-refractivity contribution >= 4 is 95.7 Å². The maximum atomic E-state index is 12.7. The molecule has 0 radical (unpaired) electrons. The zero-order chi connectivity index (χ0) is 37.7. The van der Waals surface area contributed by atoms with Gasteiger partial charge in [0.05, 0.1) is 22.1 Å². The fourth-order valence-corrected chi connectivity index (χ4v) is 7.27. The predicted molar refractivity (Wildman–Crippen MR) is 213 cm³/mol. The number of rotatable bonds is 12. The average Bonchev–Trinajstić information content (AvgIpc) is 3.61. The number of unbranched alkanes of at least 4 members (excludes halogenated alkanes) is 2. The molecule has 2 aromatic heterocycles. The molecule has 0 spiro atoms. The van der Waals surface area contributed by atoms with Crippen LogP contribution in [0, 0.1) is 34.6 Å². The van der Waals surface area contributed by atoms with Crippen molar-refractivity contribution in [1.82, 2.24) is 20.6 Å². The normalized spacial score (nSPS) is 10.5. The van der Waals surface area contributed by atoms with Gasteiger partial charge in [0.1, 0.15) is 9.75 Å². The molecule has 12 nitrogen and oxygen atoms in total. The second-order valence-corrected chi connectivity index (χ2v) is 14.9. The number of aromatic nitrogens is 2. The van der Waals surface area contributed by atoms with E-state index in [1.807, 2.05) is 45.0 Å². The average molecular weight is 820 g/mol. The number of benzene rings is 2. The second-order valence-electron chi connectivity index (χ2n) is 11.6. The summed E-state index contributed by atoms with van der Waals surface area (Å²) in [5.41, 5.74) is 5.32. The summed E-state index contributed by atoms with van der Waals surface area (Å²) in [7, 11) is 0. The highest BCUT2D eigenvalue weighted by Crippen LogP contribution is 2.30. The summed E-state index contributed by atoms with van der Waals surface area (Å²) in [4.78, 5) is 58.2. The van der Waals surface area contributed by atoms with Crippen molar-refractivity contribution in [1.29, 1.82) is 0 Å². The van der Waals surface area contributed by atoms with Crippen molar-refractivity contribution in [2.24, 2.45) is 0 Å². The number of nitrogens with one attached hydrogen (secondary N) is 6. The maximum Gasteiger partial charge on any atom is 0.321 e. The Morgan fingerprint density at radius 1 is 0.686 bits per heavy atom. The first-order valence-corrected chi connectivity index (χ1v) is 19.2. The van der Waals surface area contributed by atoms with E-state index in [0.29, 0.717) is 55.2 Å². The quantitative estimate of drug-likeness (QED) is 0.0779. The molecule has 274 valence electrons. The number of nitrogens with zero attached hydrogens (tertiary/aromatic N) is 2. The molecule has 0 aliphatic heterocycles. The highest BCUT2D eigenvalue weighted by atomic mass is 79.9. The first-order valence-electron chi connectivity index (χ1n) is 16.4. The number of carbonyl (C=O) groups is 4. The molecule has 2 heterocycles. The van der Waals surface area contributed by atoms with Gasteiger partial charge >= 0.3 is 12.1 Å². The fourth-order valence-electron chi connectivity index (χ4n) is 4.60. The second kappa shape index (κ2) is 20.1. The monoisotopic (exact) mass is 818 g/mol. The highest BCUT2D eigenvalue weighted by molar-refractivity contribution is 9.10. The van der Waals surface area contributed by atoms with Gasteiger partial charge in [0.25, 0.3) is 11.8 Å². The molecule has 0 fully saturated rings. The molecule has 0 saturated heterocycles. The Morgan fingerprint density at radius 2 is 1.14 bits per heavy atom. The zero-order valence-corrected chi connectivity index (χ0v) is 33.7. The Kier molecular flexibility index (Phi) is 16.3. The number of amides is 6. The predicted octanol–water partition coefficient (Wildman–Crippen LogP) is 9.59. The van der Waals surface area contributed by atoms with Crippen LogP contribution in [0.3, 0.4) is 0 Å². The summed E-state index contributed by atoms with van der Waals surface area (Å²) >= 11 is 11.9. The smallest absolute Gasteiger partial charge is 0.321 e. The number of anilines is 4. The van der Waals surface area contributed by atoms with E-state index in [9.17, 15) is 19.2 Å². The summed E-state index contributed by atoms with van der Waals surface area (Å²) in [6.07, 6.45) is 3.84. The van der Waals surface area contributed by atoms with E-state index in [1.165, 1.54) is 0 Å². The van der Waals surface area contributed by atoms with Gasteiger partial charge in [-0.1, -0.05) is 89.0 Å². The molecule has 0 unspecified atom stereocenters. The molecule has 16 heteroatoms. The van der Waals surface area contributed by atoms with E-state index in [-0.39, 0.29) is 23.9 Å². The van der Waals surface area contributed by atoms with E-state index in [2.05, 4.69) is 71.6 Å². The lowest BCUT2D eigenvalue weighted by molar-refractivity contribution is 0.102. The Bertz CT molecular complexity index is 1820. The van der Waals surface area contributed by atoms with Crippen LogP contribution in [0.5, 0.6) is 0 Å². The number of halogens is 2. The van der Waals surface area contributed by atoms with Crippen molar-refractivity contribution in [2.45, 2.75) is 74.1 Å². The van der Waals surface area contributed by atoms with Crippen LogP contribution in [0.25, 0.3) is 0 Å². The SMILES string of the molecule is CCCCNC(=O)Nc1nc(C)c(C(=O)Nc2c(C)cc(Br)cc2C)s1.CCCCNC(=O)Nc1nc(C)c(C(=O)Nc2c(C)cccc2Cl)s1. The lowest BCUT2D eigenvalue weighted by Crippen LogP contribution is -2.29. The van der Waals surface area contributed by atoms with E-state index in [4.69, 9.17) is 11.6 Å². The minimum absolute atomic E-state index is 0.229. The van der Waals surface area contributed by atoms with Crippen molar-refractivity contribution < 1.29 is 19.2 Å². The van der Waals surface area contributed by atoms with Gasteiger partial charge in [-0.15, -0.1) is 0 Å². The molecule has 51 heavy (non-hydrogen) atoms. The zero-order valence-electron chi connectivity index (χ0n) is 29.7. The number of para-hydroxylation sites is 1. The molecule has 2 aromatic carbocycles. The van der Waals surface area contributed by atoms with Crippen molar-refractivity contribution in [3.05, 3.63) is 77.7 Å². The Balaban J connectivity index is 0.000000276. The molecule has 6 N–H and O–H groups in total. The third kappa shape index (κ3) is 12.6. The summed E-state index contributed by atoms with van der Waals surface area (Å²) < 4.78 is 0.972. The number of urea groups is 2. The van der Waals surface area contributed by atoms with Gasteiger partial charge in [0.2, 0.25) is 0 Å². The summed E-state index contributed by atoms with van der Waals surface area (Å²) in [6.45, 7) is 14.6. The van der Waals surface area contributed by atoms with Gasteiger partial charge in [-0.05, 0) is 82.3 Å². The third-order valence-electron chi connectivity index (χ3n) is 7.27. The molecule has 0 bridgehead atoms. The molecular formula is C35H44BrClN8O4S2. The summed E-state index contributed by atoms with van der Waals surface area (Å²) in [5, 5.41) is 17.9. The van der Waals surface area contributed by atoms with Gasteiger partial charge in [0.15, 0.2) is 10.3 Å². The lowest BCUT2D eigenvalue weighted by atomic mass is 10.1. The van der Waals surface area contributed by atoms with Crippen LogP contribution in [0.2, 0.25) is 5.02 Å². The van der Waals surface area contributed by atoms with E-state index < -0.39 is 0 Å². The van der Waals surface area contributed by atoms with Crippen LogP contribution in [0.1, 0.15) is 87.0 Å². The van der Waals surface area contributed by atoms with Gasteiger partial charge in [-0.3, -0.25) is 20.2 Å². The first-order chi connectivity index (χ1) is 24.2. The molecule has 0 aliphatic rings. The fraction of sp³-hybridized carbons (Fsp3) is 0.371. The van der Waals surface area contributed by atoms with E-state index in [0.717, 1.165) is 75.2 Å². The summed E-state index contributed by atoms with van der Waals surface area (Å²) in [5.74, 6) is -0.529.